The molecule has 4 heteroatoms. The number of rotatable bonds is 0. The molecule has 0 heterocycles. The Morgan fingerprint density at radius 2 is 1.25 bits per heavy atom. The summed E-state index contributed by atoms with van der Waals surface area (Å²) in [5, 5.41) is 0. The van der Waals surface area contributed by atoms with Gasteiger partial charge in [-0.3, -0.25) is 0 Å². The molecule has 0 fully saturated rings. The van der Waals surface area contributed by atoms with E-state index in [1.54, 1.807) is 0 Å². The van der Waals surface area contributed by atoms with E-state index in [9.17, 15) is 0 Å². The van der Waals surface area contributed by atoms with E-state index >= 15 is 0 Å². The van der Waals surface area contributed by atoms with Crippen molar-refractivity contribution in [3.63, 3.8) is 0 Å². The summed E-state index contributed by atoms with van der Waals surface area (Å²) < 4.78 is 0. The van der Waals surface area contributed by atoms with Gasteiger partial charge in [0.1, 0.15) is 0 Å². The molecule has 0 N–H and O–H groups in total. The van der Waals surface area contributed by atoms with Gasteiger partial charge in [0.2, 0.25) is 0 Å². The van der Waals surface area contributed by atoms with Gasteiger partial charge in [0, 0.05) is 50.3 Å². The molecular formula is HCoFeLiNi. The molecule has 0 spiro atoms. The summed E-state index contributed by atoms with van der Waals surface area (Å²) in [6.07, 6.45) is 0. The monoisotopic (exact) mass is 181 g/mol. The van der Waals surface area contributed by atoms with Gasteiger partial charge in [-0.15, -0.1) is 0 Å². The average molecular weight is 181 g/mol. The van der Waals surface area contributed by atoms with Crippen LogP contribution >= 0.6 is 0 Å². The van der Waals surface area contributed by atoms with Gasteiger partial charge in [-0.25, -0.2) is 0 Å². The minimum absolute atomic E-state index is 0. The Balaban J connectivity index is 0. The van der Waals surface area contributed by atoms with Crippen LogP contribution in [0.15, 0.2) is 0 Å². The van der Waals surface area contributed by atoms with E-state index in [0.717, 1.165) is 0 Å². The summed E-state index contributed by atoms with van der Waals surface area (Å²) in [6.45, 7) is 0. The van der Waals surface area contributed by atoms with Crippen molar-refractivity contribution in [2.24, 2.45) is 0 Å². The van der Waals surface area contributed by atoms with Crippen LogP contribution in [-0.2, 0) is 50.3 Å². The molecule has 0 amide bonds. The van der Waals surface area contributed by atoms with Gasteiger partial charge < -0.3 is 1.43 Å². The molecule has 0 rings (SSSR count). The maximum Gasteiger partial charge on any atom is 1.00 e. The molecule has 0 aliphatic carbocycles. The van der Waals surface area contributed by atoms with E-state index in [4.69, 9.17) is 0 Å². The molecule has 0 bridgehead atoms. The molecule has 0 aromatic heterocycles. The molecule has 0 aromatic carbocycles. The van der Waals surface area contributed by atoms with E-state index in [1.807, 2.05) is 0 Å². The van der Waals surface area contributed by atoms with E-state index < -0.39 is 0 Å². The predicted octanol–water partition coefficient (Wildman–Crippen LogP) is -2.89. The SMILES string of the molecule is [Co].[Fe].[H-].[Li+].[Ni]. The zero-order chi connectivity index (χ0) is 0. The maximum absolute atomic E-state index is 0. The fourth-order valence-electron chi connectivity index (χ4n) is 0. The van der Waals surface area contributed by atoms with E-state index in [2.05, 4.69) is 0 Å². The Morgan fingerprint density at radius 3 is 1.25 bits per heavy atom. The Labute approximate surface area is 70.1 Å². The minimum Gasteiger partial charge on any atom is -1.00 e. The zero-order valence-corrected chi connectivity index (χ0v) is 5.14. The minimum atomic E-state index is 0. The number of hydrogen-bond acceptors (Lipinski definition) is 0. The molecule has 1 radical (unpaired) electrons. The van der Waals surface area contributed by atoms with Crippen molar-refractivity contribution in [3.05, 3.63) is 0 Å². The zero-order valence-electron chi connectivity index (χ0n) is 3.00. The second kappa shape index (κ2) is 19.4. The summed E-state index contributed by atoms with van der Waals surface area (Å²) in [4.78, 5) is 0. The third-order valence-electron chi connectivity index (χ3n) is 0. The van der Waals surface area contributed by atoms with Crippen LogP contribution in [0.25, 0.3) is 0 Å². The molecule has 0 unspecified atom stereocenters. The molecule has 0 saturated carbocycles. The summed E-state index contributed by atoms with van der Waals surface area (Å²) in [5.41, 5.74) is 0. The van der Waals surface area contributed by atoms with E-state index in [1.165, 1.54) is 0 Å². The van der Waals surface area contributed by atoms with Gasteiger partial charge in [0.05, 0.1) is 0 Å². The first kappa shape index (κ1) is 35.7. The Hall–Kier alpha value is 2.12. The Kier molecular flexibility index (Phi) is 173. The number of hydrogen-bond donors (Lipinski definition) is 0. The fraction of sp³-hybridized carbons (Fsp3) is 0. The third kappa shape index (κ3) is 8.93. The van der Waals surface area contributed by atoms with E-state index in [-0.39, 0.29) is 70.6 Å². The van der Waals surface area contributed by atoms with Crippen molar-refractivity contribution in [1.82, 2.24) is 0 Å². The van der Waals surface area contributed by atoms with Crippen molar-refractivity contribution in [1.29, 1.82) is 0 Å². The van der Waals surface area contributed by atoms with E-state index in [0.29, 0.717) is 0 Å². The molecule has 0 nitrogen and oxygen atoms in total. The Morgan fingerprint density at radius 1 is 1.25 bits per heavy atom. The van der Waals surface area contributed by atoms with Gasteiger partial charge in [0.25, 0.3) is 0 Å². The van der Waals surface area contributed by atoms with Crippen LogP contribution in [0.1, 0.15) is 1.43 Å². The first-order valence-corrected chi connectivity index (χ1v) is 0. The van der Waals surface area contributed by atoms with Crippen molar-refractivity contribution in [2.45, 2.75) is 0 Å². The van der Waals surface area contributed by atoms with Crippen LogP contribution < -0.4 is 18.9 Å². The van der Waals surface area contributed by atoms with Crippen molar-refractivity contribution >= 4 is 0 Å². The Bertz CT molecular complexity index is 11.6. The predicted molar refractivity (Wildman–Crippen MR) is 1.11 cm³/mol. The quantitative estimate of drug-likeness (QED) is 0.352. The van der Waals surface area contributed by atoms with Gasteiger partial charge in [-0.05, 0) is 0 Å². The smallest absolute Gasteiger partial charge is 1.00 e. The molecule has 0 aliphatic rings. The molecular weight excluding hydrogens is 180 g/mol. The maximum atomic E-state index is 0. The second-order valence-electron chi connectivity index (χ2n) is 0. The van der Waals surface area contributed by atoms with Crippen LogP contribution in [0, 0.1) is 0 Å². The summed E-state index contributed by atoms with van der Waals surface area (Å²) >= 11 is 0. The molecule has 4 heavy (non-hydrogen) atoms. The van der Waals surface area contributed by atoms with Crippen molar-refractivity contribution in [2.75, 3.05) is 0 Å². The van der Waals surface area contributed by atoms with Crippen LogP contribution in [0.4, 0.5) is 0 Å². The van der Waals surface area contributed by atoms with Crippen LogP contribution in [0.5, 0.6) is 0 Å². The summed E-state index contributed by atoms with van der Waals surface area (Å²) in [6, 6.07) is 0. The second-order valence-corrected chi connectivity index (χ2v) is 0. The van der Waals surface area contributed by atoms with Gasteiger partial charge in [-0.2, -0.15) is 0 Å². The molecule has 0 aliphatic heterocycles. The van der Waals surface area contributed by atoms with Crippen LogP contribution in [0.3, 0.4) is 0 Å². The molecule has 0 atom stereocenters. The van der Waals surface area contributed by atoms with Crippen LogP contribution in [-0.4, -0.2) is 0 Å². The molecule has 0 saturated heterocycles. The van der Waals surface area contributed by atoms with Crippen molar-refractivity contribution < 1.29 is 70.6 Å². The van der Waals surface area contributed by atoms with Crippen molar-refractivity contribution in [3.8, 4) is 0 Å². The van der Waals surface area contributed by atoms with Gasteiger partial charge >= 0.3 is 18.9 Å². The fourth-order valence-corrected chi connectivity index (χ4v) is 0. The average Bonchev–Trinajstić information content (AvgIpc) is 0. The van der Waals surface area contributed by atoms with Crippen LogP contribution in [0.2, 0.25) is 0 Å². The normalized spacial score (nSPS) is 0. The first-order valence-electron chi connectivity index (χ1n) is 0. The van der Waals surface area contributed by atoms with Gasteiger partial charge in [-0.1, -0.05) is 0 Å². The molecule has 29 valence electrons. The summed E-state index contributed by atoms with van der Waals surface area (Å²) in [5.74, 6) is 0. The summed E-state index contributed by atoms with van der Waals surface area (Å²) in [7, 11) is 0. The third-order valence-corrected chi connectivity index (χ3v) is 0. The standard InChI is InChI=1S/Co.Fe.Li.Ni.H/q;;+1;;-1. The topological polar surface area (TPSA) is 0 Å². The molecule has 0 aromatic rings. The largest absolute Gasteiger partial charge is 1.00 e. The van der Waals surface area contributed by atoms with Gasteiger partial charge in [0.15, 0.2) is 0 Å². The first-order chi connectivity index (χ1) is 0.